The van der Waals surface area contributed by atoms with Crippen LogP contribution in [0, 0.1) is 6.92 Å². The van der Waals surface area contributed by atoms with Gasteiger partial charge in [0, 0.05) is 6.42 Å². The van der Waals surface area contributed by atoms with Crippen molar-refractivity contribution < 1.29 is 29.6 Å². The van der Waals surface area contributed by atoms with Crippen LogP contribution in [0.25, 0.3) is 0 Å². The fourth-order valence-electron chi connectivity index (χ4n) is 4.52. The summed E-state index contributed by atoms with van der Waals surface area (Å²) in [6.45, 7) is 6.17. The fraction of sp³-hybridized carbons (Fsp3) is 0.581. The molecule has 0 bridgehead atoms. The predicted molar refractivity (Wildman–Crippen MR) is 147 cm³/mol. The van der Waals surface area contributed by atoms with Gasteiger partial charge in [0.2, 0.25) is 0 Å². The number of fused-ring (bicyclic) bond motifs is 1. The van der Waals surface area contributed by atoms with Crippen molar-refractivity contribution in [3.05, 3.63) is 67.1 Å². The molecule has 2 nitrogen and oxygen atoms in total. The van der Waals surface area contributed by atoms with Gasteiger partial charge >= 0.3 is 29.6 Å². The number of rotatable bonds is 16. The molecule has 0 spiro atoms. The summed E-state index contributed by atoms with van der Waals surface area (Å²) in [5.74, 6) is 0. The van der Waals surface area contributed by atoms with Crippen molar-refractivity contribution in [3.63, 3.8) is 0 Å². The van der Waals surface area contributed by atoms with Gasteiger partial charge in [0.05, 0.1) is 5.71 Å². The molecule has 1 atom stereocenters. The van der Waals surface area contributed by atoms with Crippen molar-refractivity contribution in [2.24, 2.45) is 9.98 Å². The van der Waals surface area contributed by atoms with E-state index in [0.717, 1.165) is 18.6 Å². The van der Waals surface area contributed by atoms with Gasteiger partial charge in [-0.25, -0.2) is 4.99 Å². The molecule has 3 rings (SSSR count). The average Bonchev–Trinajstić information content (AvgIpc) is 3.26. The first-order valence-electron chi connectivity index (χ1n) is 13.6. The zero-order chi connectivity index (χ0) is 23.5. The van der Waals surface area contributed by atoms with Crippen molar-refractivity contribution in [3.8, 4) is 0 Å². The molecular weight excluding hydrogens is 423 g/mol. The van der Waals surface area contributed by atoms with Gasteiger partial charge in [0.15, 0.2) is 0 Å². The third kappa shape index (κ3) is 12.7. The Morgan fingerprint density at radius 3 is 1.85 bits per heavy atom. The van der Waals surface area contributed by atoms with E-state index < -0.39 is 0 Å². The monoisotopic (exact) mass is 470 g/mol. The van der Waals surface area contributed by atoms with E-state index in [4.69, 9.17) is 0 Å². The van der Waals surface area contributed by atoms with Crippen LogP contribution < -0.4 is 29.6 Å². The minimum Gasteiger partial charge on any atom is -0.343 e. The molecule has 0 fully saturated rings. The summed E-state index contributed by atoms with van der Waals surface area (Å²) >= 11 is 0. The Hall–Kier alpha value is -0.960. The molecule has 3 heteroatoms. The normalized spacial score (nSPS) is 17.5. The summed E-state index contributed by atoms with van der Waals surface area (Å²) in [6.07, 6.45) is 32.1. The van der Waals surface area contributed by atoms with E-state index in [9.17, 15) is 0 Å². The molecule has 1 aromatic rings. The van der Waals surface area contributed by atoms with Gasteiger partial charge in [-0.05, 0) is 11.6 Å². The van der Waals surface area contributed by atoms with E-state index in [-0.39, 0.29) is 35.1 Å². The number of unbranched alkanes of at least 4 members (excludes halogenated alkanes) is 14. The molecule has 0 aromatic heterocycles. The van der Waals surface area contributed by atoms with E-state index >= 15 is 0 Å². The minimum absolute atomic E-state index is 0. The number of allylic oxidation sites excluding steroid dienone is 2. The van der Waals surface area contributed by atoms with Gasteiger partial charge in [-0.2, -0.15) is 6.42 Å². The van der Waals surface area contributed by atoms with E-state index in [1.807, 2.05) is 24.3 Å². The molecule has 1 aromatic carbocycles. The van der Waals surface area contributed by atoms with Crippen LogP contribution in [0.2, 0.25) is 0 Å². The summed E-state index contributed by atoms with van der Waals surface area (Å²) in [4.78, 5) is 8.83. The third-order valence-electron chi connectivity index (χ3n) is 6.59. The van der Waals surface area contributed by atoms with E-state index in [2.05, 4.69) is 54.2 Å². The zero-order valence-corrected chi connectivity index (χ0v) is 24.2. The molecule has 1 aliphatic carbocycles. The number of hydrogen-bond donors (Lipinski definition) is 0. The smallest absolute Gasteiger partial charge is 0.343 e. The van der Waals surface area contributed by atoms with Crippen LogP contribution >= 0.6 is 0 Å². The Labute approximate surface area is 232 Å². The van der Waals surface area contributed by atoms with Gasteiger partial charge in [-0.1, -0.05) is 145 Å². The summed E-state index contributed by atoms with van der Waals surface area (Å²) in [5.41, 5.74) is 2.07. The number of benzene rings is 1. The average molecular weight is 471 g/mol. The van der Waals surface area contributed by atoms with Crippen LogP contribution in [-0.4, -0.2) is 17.6 Å². The first-order chi connectivity index (χ1) is 16.3. The predicted octanol–water partition coefficient (Wildman–Crippen LogP) is 6.27. The molecule has 1 aliphatic heterocycles. The topological polar surface area (TPSA) is 24.7 Å². The zero-order valence-electron chi connectivity index (χ0n) is 22.2. The second-order valence-corrected chi connectivity index (χ2v) is 9.51. The second kappa shape index (κ2) is 20.3. The van der Waals surface area contributed by atoms with Gasteiger partial charge in [0.1, 0.15) is 11.9 Å². The van der Waals surface area contributed by atoms with Crippen LogP contribution in [0.15, 0.2) is 64.6 Å². The molecule has 0 amide bonds. The Bertz CT molecular complexity index is 721. The van der Waals surface area contributed by atoms with E-state index in [1.165, 1.54) is 95.5 Å². The molecule has 1 unspecified atom stereocenters. The maximum Gasteiger partial charge on any atom is 1.00 e. The number of aliphatic imine (C=N–C) groups is 2. The molecule has 182 valence electrons. The SMILES string of the molecule is C1=CC2=NC=NC2(Cc2ccccc2)C=C1.[CH2-]CCCCCCCCCCCCCCCC.[Na+]. The van der Waals surface area contributed by atoms with E-state index in [1.54, 1.807) is 6.34 Å². The molecule has 0 N–H and O–H groups in total. The standard InChI is InChI=1S/C17H35.C14H12N2.Na/c1-3-5-7-9-11-13-15-17-16-14-12-10-8-6-4-2;1-2-6-12(7-3-1)10-14-9-5-4-8-13(14)15-11-16-14;/h1,3-17H2,2H3;1-9,11H,10H2;/q-1;;+1. The quantitative estimate of drug-likeness (QED) is 0.154. The summed E-state index contributed by atoms with van der Waals surface area (Å²) in [7, 11) is 0. The van der Waals surface area contributed by atoms with Crippen LogP contribution in [0.5, 0.6) is 0 Å². The summed E-state index contributed by atoms with van der Waals surface area (Å²) < 4.78 is 0. The Morgan fingerprint density at radius 2 is 1.29 bits per heavy atom. The van der Waals surface area contributed by atoms with E-state index in [0.29, 0.717) is 0 Å². The van der Waals surface area contributed by atoms with Crippen LogP contribution in [-0.2, 0) is 6.42 Å². The molecular formula is C31H47N2Na. The summed E-state index contributed by atoms with van der Waals surface area (Å²) in [6, 6.07) is 10.4. The van der Waals surface area contributed by atoms with Gasteiger partial charge in [-0.15, -0.1) is 0 Å². The molecule has 0 saturated heterocycles. The van der Waals surface area contributed by atoms with Crippen molar-refractivity contribution in [2.75, 3.05) is 0 Å². The second-order valence-electron chi connectivity index (χ2n) is 9.51. The minimum atomic E-state index is -0.254. The fourth-order valence-corrected chi connectivity index (χ4v) is 4.52. The van der Waals surface area contributed by atoms with Crippen LogP contribution in [0.4, 0.5) is 0 Å². The van der Waals surface area contributed by atoms with Gasteiger partial charge < -0.3 is 6.92 Å². The van der Waals surface area contributed by atoms with Crippen molar-refractivity contribution in [1.82, 2.24) is 0 Å². The maximum absolute atomic E-state index is 4.52. The largest absolute Gasteiger partial charge is 1.00 e. The van der Waals surface area contributed by atoms with Crippen molar-refractivity contribution in [2.45, 2.75) is 115 Å². The van der Waals surface area contributed by atoms with Crippen LogP contribution in [0.1, 0.15) is 109 Å². The Kier molecular flexibility index (Phi) is 18.5. The van der Waals surface area contributed by atoms with Crippen molar-refractivity contribution >= 4 is 12.1 Å². The Balaban J connectivity index is 0.000000330. The first-order valence-corrected chi connectivity index (χ1v) is 13.6. The first kappa shape index (κ1) is 31.1. The van der Waals surface area contributed by atoms with Crippen LogP contribution in [0.3, 0.4) is 0 Å². The third-order valence-corrected chi connectivity index (χ3v) is 6.59. The Morgan fingerprint density at radius 1 is 0.735 bits per heavy atom. The molecule has 0 radical (unpaired) electrons. The molecule has 34 heavy (non-hydrogen) atoms. The molecule has 0 saturated carbocycles. The maximum atomic E-state index is 4.52. The van der Waals surface area contributed by atoms with Gasteiger partial charge in [-0.3, -0.25) is 4.99 Å². The number of nitrogens with zero attached hydrogens (tertiary/aromatic N) is 2. The number of hydrogen-bond acceptors (Lipinski definition) is 2. The molecule has 1 heterocycles. The van der Waals surface area contributed by atoms with Gasteiger partial charge in [0.25, 0.3) is 0 Å². The summed E-state index contributed by atoms with van der Waals surface area (Å²) in [5, 5.41) is 0. The van der Waals surface area contributed by atoms with Crippen molar-refractivity contribution in [1.29, 1.82) is 0 Å². The molecule has 2 aliphatic rings.